The summed E-state index contributed by atoms with van der Waals surface area (Å²) in [5.74, 6) is -1.32. The fourth-order valence-corrected chi connectivity index (χ4v) is 1.56. The van der Waals surface area contributed by atoms with Crippen molar-refractivity contribution in [3.05, 3.63) is 23.9 Å². The van der Waals surface area contributed by atoms with Crippen molar-refractivity contribution in [2.75, 3.05) is 18.9 Å². The molecule has 0 fully saturated rings. The van der Waals surface area contributed by atoms with Crippen LogP contribution in [-0.2, 0) is 16.1 Å². The van der Waals surface area contributed by atoms with Crippen molar-refractivity contribution in [2.24, 2.45) is 0 Å². The lowest BCUT2D eigenvalue weighted by Gasteiger charge is -2.13. The molecule has 1 N–H and O–H groups in total. The fourth-order valence-electron chi connectivity index (χ4n) is 1.37. The van der Waals surface area contributed by atoms with Gasteiger partial charge < -0.3 is 10.2 Å². The smallest absolute Gasteiger partial charge is 0.333 e. The fraction of sp³-hybridized carbons (Fsp3) is 0.364. The molecule has 0 radical (unpaired) electrons. The highest BCUT2D eigenvalue weighted by molar-refractivity contribution is 6.33. The minimum atomic E-state index is -4.45. The second-order valence-electron chi connectivity index (χ2n) is 4.09. The number of amides is 2. The Balaban J connectivity index is 2.68. The molecule has 0 aliphatic carbocycles. The number of hydrogen-bond donors (Lipinski definition) is 1. The average Bonchev–Trinajstić information content (AvgIpc) is 2.65. The van der Waals surface area contributed by atoms with E-state index in [-0.39, 0.29) is 17.4 Å². The molecule has 2 amide bonds. The molecular weight excluding hydrogens is 313 g/mol. The van der Waals surface area contributed by atoms with Crippen LogP contribution in [-0.4, -0.2) is 46.3 Å². The standard InChI is InChI=1S/C11H12ClF3N4O2/c1-3-9(21)18(2)5-8(20)16-10-7(12)4-19(17-10)6-11(13,14)15/h3-4H,1,5-6H2,2H3,(H,16,17,20). The number of rotatable bonds is 5. The zero-order chi connectivity index (χ0) is 16.2. The Hall–Kier alpha value is -2.03. The van der Waals surface area contributed by atoms with Gasteiger partial charge in [-0.25, -0.2) is 0 Å². The Kier molecular flexibility index (Phi) is 5.36. The second kappa shape index (κ2) is 6.61. The van der Waals surface area contributed by atoms with Crippen LogP contribution in [0.15, 0.2) is 18.9 Å². The zero-order valence-corrected chi connectivity index (χ0v) is 11.7. The van der Waals surface area contributed by atoms with Crippen molar-refractivity contribution in [1.29, 1.82) is 0 Å². The Morgan fingerprint density at radius 1 is 1.57 bits per heavy atom. The summed E-state index contributed by atoms with van der Waals surface area (Å²) in [6.45, 7) is 1.62. The van der Waals surface area contributed by atoms with Gasteiger partial charge in [-0.3, -0.25) is 14.3 Å². The molecule has 0 saturated heterocycles. The van der Waals surface area contributed by atoms with Crippen LogP contribution in [0.1, 0.15) is 0 Å². The van der Waals surface area contributed by atoms with E-state index in [1.807, 2.05) is 0 Å². The van der Waals surface area contributed by atoms with Crippen LogP contribution in [0.4, 0.5) is 19.0 Å². The van der Waals surface area contributed by atoms with Crippen molar-refractivity contribution < 1.29 is 22.8 Å². The van der Waals surface area contributed by atoms with Crippen molar-refractivity contribution in [3.63, 3.8) is 0 Å². The maximum absolute atomic E-state index is 12.2. The SMILES string of the molecule is C=CC(=O)N(C)CC(=O)Nc1nn(CC(F)(F)F)cc1Cl. The number of carbonyl (C=O) groups excluding carboxylic acids is 2. The van der Waals surface area contributed by atoms with Crippen LogP contribution in [0.25, 0.3) is 0 Å². The summed E-state index contributed by atoms with van der Waals surface area (Å²) >= 11 is 5.68. The van der Waals surface area contributed by atoms with Gasteiger partial charge in [0.05, 0.1) is 6.54 Å². The lowest BCUT2D eigenvalue weighted by molar-refractivity contribution is -0.142. The summed E-state index contributed by atoms with van der Waals surface area (Å²) in [6.07, 6.45) is -2.48. The van der Waals surface area contributed by atoms with E-state index in [2.05, 4.69) is 17.0 Å². The van der Waals surface area contributed by atoms with E-state index < -0.39 is 24.5 Å². The monoisotopic (exact) mass is 324 g/mol. The maximum Gasteiger partial charge on any atom is 0.408 e. The number of aromatic nitrogens is 2. The maximum atomic E-state index is 12.2. The first-order chi connectivity index (χ1) is 9.62. The number of hydrogen-bond acceptors (Lipinski definition) is 3. The predicted octanol–water partition coefficient (Wildman–Crippen LogP) is 1.68. The van der Waals surface area contributed by atoms with Crippen LogP contribution in [0, 0.1) is 0 Å². The van der Waals surface area contributed by atoms with E-state index in [0.29, 0.717) is 4.68 Å². The third kappa shape index (κ3) is 5.46. The number of alkyl halides is 3. The number of halogens is 4. The van der Waals surface area contributed by atoms with E-state index in [1.54, 1.807) is 0 Å². The third-order valence-corrected chi connectivity index (χ3v) is 2.52. The number of likely N-dealkylation sites (N-methyl/N-ethyl adjacent to an activating group) is 1. The molecule has 1 aromatic rings. The highest BCUT2D eigenvalue weighted by Crippen LogP contribution is 2.23. The van der Waals surface area contributed by atoms with Crippen LogP contribution in [0.2, 0.25) is 5.02 Å². The molecule has 116 valence electrons. The minimum absolute atomic E-state index is 0.134. The van der Waals surface area contributed by atoms with Crippen LogP contribution in [0.5, 0.6) is 0 Å². The first-order valence-electron chi connectivity index (χ1n) is 5.59. The first-order valence-corrected chi connectivity index (χ1v) is 5.97. The lowest BCUT2D eigenvalue weighted by atomic mass is 10.4. The normalized spacial score (nSPS) is 11.1. The Labute approximate surface area is 123 Å². The van der Waals surface area contributed by atoms with Gasteiger partial charge in [0.25, 0.3) is 0 Å². The molecule has 10 heteroatoms. The molecule has 1 aromatic heterocycles. The van der Waals surface area contributed by atoms with Gasteiger partial charge in [0, 0.05) is 13.2 Å². The Bertz CT molecular complexity index is 556. The summed E-state index contributed by atoms with van der Waals surface area (Å²) in [5, 5.41) is 5.61. The third-order valence-electron chi connectivity index (χ3n) is 2.25. The molecule has 21 heavy (non-hydrogen) atoms. The summed E-state index contributed by atoms with van der Waals surface area (Å²) in [5.41, 5.74) is 0. The number of carbonyl (C=O) groups is 2. The van der Waals surface area contributed by atoms with Gasteiger partial charge in [-0.15, -0.1) is 0 Å². The highest BCUT2D eigenvalue weighted by atomic mass is 35.5. The van der Waals surface area contributed by atoms with E-state index in [0.717, 1.165) is 17.2 Å². The molecular formula is C11H12ClF3N4O2. The van der Waals surface area contributed by atoms with Crippen LogP contribution < -0.4 is 5.32 Å². The summed E-state index contributed by atoms with van der Waals surface area (Å²) in [7, 11) is 1.37. The first kappa shape index (κ1) is 17.0. The van der Waals surface area contributed by atoms with Gasteiger partial charge in [0.1, 0.15) is 11.6 Å². The molecule has 1 rings (SSSR count). The molecule has 6 nitrogen and oxygen atoms in total. The van der Waals surface area contributed by atoms with Gasteiger partial charge in [-0.1, -0.05) is 18.2 Å². The van der Waals surface area contributed by atoms with Gasteiger partial charge in [-0.05, 0) is 6.08 Å². The quantitative estimate of drug-likeness (QED) is 0.838. The lowest BCUT2D eigenvalue weighted by Crippen LogP contribution is -2.33. The molecule has 0 bridgehead atoms. The van der Waals surface area contributed by atoms with Crippen molar-refractivity contribution in [3.8, 4) is 0 Å². The molecule has 0 aromatic carbocycles. The molecule has 0 atom stereocenters. The summed E-state index contributed by atoms with van der Waals surface area (Å²) in [6, 6.07) is 0. The summed E-state index contributed by atoms with van der Waals surface area (Å²) < 4.78 is 37.2. The number of anilines is 1. The predicted molar refractivity (Wildman–Crippen MR) is 69.8 cm³/mol. The molecule has 0 aliphatic heterocycles. The van der Waals surface area contributed by atoms with Gasteiger partial charge in [-0.2, -0.15) is 18.3 Å². The average molecular weight is 325 g/mol. The van der Waals surface area contributed by atoms with Crippen LogP contribution >= 0.6 is 11.6 Å². The summed E-state index contributed by atoms with van der Waals surface area (Å²) in [4.78, 5) is 23.9. The molecule has 0 saturated carbocycles. The van der Waals surface area contributed by atoms with E-state index in [4.69, 9.17) is 11.6 Å². The Morgan fingerprint density at radius 3 is 2.71 bits per heavy atom. The van der Waals surface area contributed by atoms with Crippen molar-refractivity contribution >= 4 is 29.2 Å². The van der Waals surface area contributed by atoms with E-state index in [1.165, 1.54) is 7.05 Å². The van der Waals surface area contributed by atoms with E-state index in [9.17, 15) is 22.8 Å². The number of nitrogens with one attached hydrogen (secondary N) is 1. The van der Waals surface area contributed by atoms with Gasteiger partial charge in [0.2, 0.25) is 11.8 Å². The largest absolute Gasteiger partial charge is 0.408 e. The zero-order valence-electron chi connectivity index (χ0n) is 10.9. The van der Waals surface area contributed by atoms with Crippen molar-refractivity contribution in [1.82, 2.24) is 14.7 Å². The molecule has 0 aliphatic rings. The molecule has 0 spiro atoms. The molecule has 0 unspecified atom stereocenters. The second-order valence-corrected chi connectivity index (χ2v) is 4.49. The molecule has 1 heterocycles. The topological polar surface area (TPSA) is 67.2 Å². The van der Waals surface area contributed by atoms with Crippen molar-refractivity contribution in [2.45, 2.75) is 12.7 Å². The van der Waals surface area contributed by atoms with Gasteiger partial charge >= 0.3 is 6.18 Å². The minimum Gasteiger partial charge on any atom is -0.333 e. The van der Waals surface area contributed by atoms with Crippen LogP contribution in [0.3, 0.4) is 0 Å². The number of nitrogens with zero attached hydrogens (tertiary/aromatic N) is 3. The van der Waals surface area contributed by atoms with Gasteiger partial charge in [0.15, 0.2) is 5.82 Å². The Morgan fingerprint density at radius 2 is 2.19 bits per heavy atom. The highest BCUT2D eigenvalue weighted by Gasteiger charge is 2.29. The van der Waals surface area contributed by atoms with E-state index >= 15 is 0 Å².